The van der Waals surface area contributed by atoms with Crippen molar-refractivity contribution >= 4 is 33.3 Å². The van der Waals surface area contributed by atoms with Gasteiger partial charge in [-0.2, -0.15) is 8.42 Å². The van der Waals surface area contributed by atoms with Crippen LogP contribution < -0.4 is 0 Å². The van der Waals surface area contributed by atoms with Gasteiger partial charge in [-0.05, 0) is 0 Å². The molecule has 10 heavy (non-hydrogen) atoms. The van der Waals surface area contributed by atoms with E-state index >= 15 is 0 Å². The molecule has 0 spiro atoms. The Morgan fingerprint density at radius 3 is 2.30 bits per heavy atom. The standard InChI is InChI=1S/C4H6Cl2O3S/c1-10(7,8)9-4(2-5)3-6/h2H,3H2,1H3/b4-2-. The molecule has 0 rings (SSSR count). The summed E-state index contributed by atoms with van der Waals surface area (Å²) in [5.74, 6) is -0.0397. The summed E-state index contributed by atoms with van der Waals surface area (Å²) in [6, 6.07) is 0. The minimum atomic E-state index is -3.48. The molecule has 0 unspecified atom stereocenters. The smallest absolute Gasteiger partial charge is 0.306 e. The van der Waals surface area contributed by atoms with Crippen molar-refractivity contribution in [3.05, 3.63) is 11.3 Å². The van der Waals surface area contributed by atoms with E-state index in [1.807, 2.05) is 0 Å². The van der Waals surface area contributed by atoms with Gasteiger partial charge in [-0.15, -0.1) is 11.6 Å². The maximum atomic E-state index is 10.4. The zero-order valence-corrected chi connectivity index (χ0v) is 7.50. The summed E-state index contributed by atoms with van der Waals surface area (Å²) in [6.07, 6.45) is 0.917. The number of hydrogen-bond acceptors (Lipinski definition) is 3. The minimum absolute atomic E-state index is 0.0193. The first-order valence-corrected chi connectivity index (χ1v) is 5.03. The molecule has 0 fully saturated rings. The predicted octanol–water partition coefficient (Wildman–Crippen LogP) is 1.28. The van der Waals surface area contributed by atoms with Gasteiger partial charge < -0.3 is 4.18 Å². The molecule has 0 aromatic heterocycles. The zero-order valence-electron chi connectivity index (χ0n) is 5.17. The van der Waals surface area contributed by atoms with E-state index in [2.05, 4.69) is 4.18 Å². The first-order valence-electron chi connectivity index (χ1n) is 2.24. The zero-order chi connectivity index (χ0) is 8.20. The molecule has 0 aromatic carbocycles. The van der Waals surface area contributed by atoms with Crippen molar-refractivity contribution in [2.75, 3.05) is 12.1 Å². The van der Waals surface area contributed by atoms with Crippen molar-refractivity contribution < 1.29 is 12.6 Å². The van der Waals surface area contributed by atoms with Crippen LogP contribution >= 0.6 is 23.2 Å². The van der Waals surface area contributed by atoms with E-state index in [0.29, 0.717) is 0 Å². The number of allylic oxidation sites excluding steroid dienone is 1. The van der Waals surface area contributed by atoms with Crippen molar-refractivity contribution in [3.8, 4) is 0 Å². The topological polar surface area (TPSA) is 43.4 Å². The molecule has 0 radical (unpaired) electrons. The number of halogens is 2. The lowest BCUT2D eigenvalue weighted by Crippen LogP contribution is -2.02. The average Bonchev–Trinajstić information content (AvgIpc) is 1.81. The lowest BCUT2D eigenvalue weighted by molar-refractivity contribution is 0.416. The normalized spacial score (nSPS) is 13.3. The van der Waals surface area contributed by atoms with Crippen molar-refractivity contribution in [1.82, 2.24) is 0 Å². The van der Waals surface area contributed by atoms with Crippen LogP contribution in [-0.4, -0.2) is 20.6 Å². The molecule has 0 N–H and O–H groups in total. The Bertz CT molecular complexity index is 219. The molecule has 0 heterocycles. The third-order valence-electron chi connectivity index (χ3n) is 0.512. The Morgan fingerprint density at radius 1 is 1.70 bits per heavy atom. The molecule has 0 amide bonds. The fourth-order valence-corrected chi connectivity index (χ4v) is 1.21. The monoisotopic (exact) mass is 204 g/mol. The van der Waals surface area contributed by atoms with E-state index in [0.717, 1.165) is 11.8 Å². The number of alkyl halides is 1. The van der Waals surface area contributed by atoms with Crippen molar-refractivity contribution in [3.63, 3.8) is 0 Å². The maximum absolute atomic E-state index is 10.4. The summed E-state index contributed by atoms with van der Waals surface area (Å²) in [7, 11) is -3.48. The number of hydrogen-bond donors (Lipinski definition) is 0. The van der Waals surface area contributed by atoms with Crippen LogP contribution in [0.4, 0.5) is 0 Å². The van der Waals surface area contributed by atoms with Gasteiger partial charge in [0.1, 0.15) is 5.76 Å². The highest BCUT2D eigenvalue weighted by Crippen LogP contribution is 2.05. The van der Waals surface area contributed by atoms with Crippen LogP contribution in [0.3, 0.4) is 0 Å². The summed E-state index contributed by atoms with van der Waals surface area (Å²) >= 11 is 10.4. The minimum Gasteiger partial charge on any atom is -0.385 e. The van der Waals surface area contributed by atoms with Crippen LogP contribution in [0, 0.1) is 0 Å². The highest BCUT2D eigenvalue weighted by atomic mass is 35.5. The molecule has 0 aliphatic rings. The summed E-state index contributed by atoms with van der Waals surface area (Å²) < 4.78 is 25.1. The van der Waals surface area contributed by atoms with Gasteiger partial charge in [-0.1, -0.05) is 11.6 Å². The van der Waals surface area contributed by atoms with Crippen LogP contribution in [0.25, 0.3) is 0 Å². The second-order valence-electron chi connectivity index (χ2n) is 1.50. The molecular weight excluding hydrogens is 199 g/mol. The predicted molar refractivity (Wildman–Crippen MR) is 40.6 cm³/mol. The third kappa shape index (κ3) is 4.90. The van der Waals surface area contributed by atoms with Gasteiger partial charge in [0.05, 0.1) is 12.1 Å². The van der Waals surface area contributed by atoms with Crippen LogP contribution in [-0.2, 0) is 14.3 Å². The molecule has 3 nitrogen and oxygen atoms in total. The molecule has 0 saturated carbocycles. The maximum Gasteiger partial charge on any atom is 0.306 e. The van der Waals surface area contributed by atoms with Crippen molar-refractivity contribution in [2.24, 2.45) is 0 Å². The van der Waals surface area contributed by atoms with Crippen molar-refractivity contribution in [1.29, 1.82) is 0 Å². The van der Waals surface area contributed by atoms with Gasteiger partial charge in [-0.3, -0.25) is 0 Å². The summed E-state index contributed by atoms with van der Waals surface area (Å²) in [6.45, 7) is 0. The third-order valence-corrected chi connectivity index (χ3v) is 1.54. The first-order chi connectivity index (χ1) is 4.49. The molecule has 6 heteroatoms. The van der Waals surface area contributed by atoms with E-state index in [4.69, 9.17) is 23.2 Å². The van der Waals surface area contributed by atoms with E-state index in [9.17, 15) is 8.42 Å². The van der Waals surface area contributed by atoms with Gasteiger partial charge in [0.25, 0.3) is 0 Å². The Kier molecular flexibility index (Phi) is 4.08. The number of rotatable bonds is 3. The Morgan fingerprint density at radius 2 is 2.20 bits per heavy atom. The first kappa shape index (κ1) is 10.1. The molecule has 60 valence electrons. The van der Waals surface area contributed by atoms with Crippen LogP contribution in [0.5, 0.6) is 0 Å². The average molecular weight is 205 g/mol. The molecule has 0 saturated heterocycles. The highest BCUT2D eigenvalue weighted by Gasteiger charge is 2.04. The highest BCUT2D eigenvalue weighted by molar-refractivity contribution is 7.86. The van der Waals surface area contributed by atoms with Crippen LogP contribution in [0.1, 0.15) is 0 Å². The Hall–Kier alpha value is 0.0700. The fourth-order valence-electron chi connectivity index (χ4n) is 0.264. The van der Waals surface area contributed by atoms with Crippen LogP contribution in [0.15, 0.2) is 11.3 Å². The van der Waals surface area contributed by atoms with E-state index in [-0.39, 0.29) is 11.6 Å². The second kappa shape index (κ2) is 4.05. The van der Waals surface area contributed by atoms with Gasteiger partial charge >= 0.3 is 10.1 Å². The van der Waals surface area contributed by atoms with E-state index in [1.54, 1.807) is 0 Å². The van der Waals surface area contributed by atoms with Gasteiger partial charge in [-0.25, -0.2) is 0 Å². The molecule has 0 aliphatic heterocycles. The Labute approximate surface area is 69.7 Å². The molecular formula is C4H6Cl2O3S. The van der Waals surface area contributed by atoms with Gasteiger partial charge in [0, 0.05) is 5.54 Å². The summed E-state index contributed by atoms with van der Waals surface area (Å²) in [5, 5.41) is 0. The molecule has 0 bridgehead atoms. The summed E-state index contributed by atoms with van der Waals surface area (Å²) in [5.41, 5.74) is 0.980. The molecule has 0 atom stereocenters. The van der Waals surface area contributed by atoms with Gasteiger partial charge in [0.15, 0.2) is 0 Å². The quantitative estimate of drug-likeness (QED) is 0.396. The second-order valence-corrected chi connectivity index (χ2v) is 3.56. The SMILES string of the molecule is CS(=O)(=O)O/C(=C\Cl)CCl. The van der Waals surface area contributed by atoms with E-state index < -0.39 is 10.1 Å². The Balaban J connectivity index is 4.16. The lowest BCUT2D eigenvalue weighted by atomic mass is 10.7. The van der Waals surface area contributed by atoms with Gasteiger partial charge in [0.2, 0.25) is 0 Å². The lowest BCUT2D eigenvalue weighted by Gasteiger charge is -2.01. The van der Waals surface area contributed by atoms with E-state index in [1.165, 1.54) is 0 Å². The van der Waals surface area contributed by atoms with Crippen molar-refractivity contribution in [2.45, 2.75) is 0 Å². The summed E-state index contributed by atoms with van der Waals surface area (Å²) in [4.78, 5) is 0. The molecule has 0 aromatic rings. The largest absolute Gasteiger partial charge is 0.385 e. The molecule has 0 aliphatic carbocycles. The van der Waals surface area contributed by atoms with Crippen LogP contribution in [0.2, 0.25) is 0 Å². The fraction of sp³-hybridized carbons (Fsp3) is 0.500.